The fraction of sp³-hybridized carbons (Fsp3) is 0. The van der Waals surface area contributed by atoms with Crippen molar-refractivity contribution in [2.75, 3.05) is 0 Å². The highest BCUT2D eigenvalue weighted by molar-refractivity contribution is 6.29. The molecule has 0 heterocycles. The van der Waals surface area contributed by atoms with Gasteiger partial charge in [-0.05, 0) is 51.4 Å². The Balaban J connectivity index is 1.54. The predicted molar refractivity (Wildman–Crippen MR) is 158 cm³/mol. The van der Waals surface area contributed by atoms with Gasteiger partial charge in [-0.25, -0.2) is 0 Å². The van der Waals surface area contributed by atoms with Gasteiger partial charge in [0.15, 0.2) is 11.6 Å². The minimum absolute atomic E-state index is 0.0256. The molecular weight excluding hydrogens is 532 g/mol. The lowest BCUT2D eigenvalue weighted by Gasteiger charge is -2.23. The first-order valence-electron chi connectivity index (χ1n) is 13.1. The van der Waals surface area contributed by atoms with Crippen LogP contribution in [-0.2, 0) is 0 Å². The normalized spacial score (nSPS) is 12.8. The highest BCUT2D eigenvalue weighted by Gasteiger charge is 2.34. The van der Waals surface area contributed by atoms with Gasteiger partial charge in [0, 0.05) is 45.2 Å². The van der Waals surface area contributed by atoms with Crippen LogP contribution in [-0.4, -0.2) is 21.4 Å². The van der Waals surface area contributed by atoms with E-state index in [1.54, 1.807) is 54.6 Å². The van der Waals surface area contributed by atoms with Gasteiger partial charge >= 0.3 is 0 Å². The van der Waals surface area contributed by atoms with Gasteiger partial charge in [0.1, 0.15) is 0 Å². The van der Waals surface area contributed by atoms with Crippen molar-refractivity contribution >= 4 is 44.5 Å². The van der Waals surface area contributed by atoms with E-state index in [-0.39, 0.29) is 28.0 Å². The molecule has 0 atom stereocenters. The standard InChI is InChI=1S/C34H16N2O6/c37-33-22-9-3-1-7-20(22)26-13-18(12-17-6-5-11-24(33)30(17)26)25-16-27-21-8-2-4-10-23(21)34(38)29-15-19(35(39)40)14-28(31(27)29)32(25)36(41)42/h1-16H. The number of carbonyl (C=O) groups excluding carboxylic acids is 2. The average molecular weight is 549 g/mol. The van der Waals surface area contributed by atoms with Gasteiger partial charge in [-0.3, -0.25) is 29.8 Å². The van der Waals surface area contributed by atoms with Crippen LogP contribution in [0.25, 0.3) is 54.9 Å². The number of hydrogen-bond acceptors (Lipinski definition) is 6. The minimum atomic E-state index is -0.643. The van der Waals surface area contributed by atoms with Crippen LogP contribution in [0.3, 0.4) is 0 Å². The fourth-order valence-electron chi connectivity index (χ4n) is 6.55. The number of rotatable bonds is 3. The molecule has 0 N–H and O–H groups in total. The molecule has 0 radical (unpaired) electrons. The van der Waals surface area contributed by atoms with Crippen molar-refractivity contribution in [3.8, 4) is 33.4 Å². The van der Waals surface area contributed by atoms with Crippen molar-refractivity contribution in [2.45, 2.75) is 0 Å². The van der Waals surface area contributed by atoms with E-state index >= 15 is 0 Å². The number of nitrogens with zero attached hydrogens (tertiary/aromatic N) is 2. The summed E-state index contributed by atoms with van der Waals surface area (Å²) in [6.45, 7) is 0. The lowest BCUT2D eigenvalue weighted by Crippen LogP contribution is -2.12. The van der Waals surface area contributed by atoms with Crippen molar-refractivity contribution in [3.05, 3.63) is 140 Å². The molecule has 8 rings (SSSR count). The summed E-state index contributed by atoms with van der Waals surface area (Å²) in [5.41, 5.74) is 4.28. The number of nitro benzene ring substituents is 2. The van der Waals surface area contributed by atoms with E-state index in [1.165, 1.54) is 12.1 Å². The molecule has 0 saturated carbocycles. The van der Waals surface area contributed by atoms with Crippen molar-refractivity contribution in [1.29, 1.82) is 0 Å². The molecule has 42 heavy (non-hydrogen) atoms. The first-order valence-corrected chi connectivity index (χ1v) is 13.1. The summed E-state index contributed by atoms with van der Waals surface area (Å²) in [4.78, 5) is 50.3. The minimum Gasteiger partial charge on any atom is -0.289 e. The van der Waals surface area contributed by atoms with E-state index in [9.17, 15) is 29.8 Å². The van der Waals surface area contributed by atoms with Crippen molar-refractivity contribution < 1.29 is 19.4 Å². The third-order valence-corrected chi connectivity index (χ3v) is 8.29. The Labute approximate surface area is 236 Å². The summed E-state index contributed by atoms with van der Waals surface area (Å²) in [6.07, 6.45) is 0. The van der Waals surface area contributed by atoms with Crippen molar-refractivity contribution in [3.63, 3.8) is 0 Å². The quantitative estimate of drug-likeness (QED) is 0.163. The SMILES string of the molecule is O=C1c2ccccc2-c2cc(-c3cc4c5c(cc([N+](=O)[O-])cc5c3[N+](=O)[O-])C(=O)c3ccccc3-4)cc3cccc1c23. The van der Waals surface area contributed by atoms with Crippen LogP contribution in [0.5, 0.6) is 0 Å². The predicted octanol–water partition coefficient (Wildman–Crippen LogP) is 7.90. The van der Waals surface area contributed by atoms with Crippen LogP contribution in [0.2, 0.25) is 0 Å². The Morgan fingerprint density at radius 2 is 1.07 bits per heavy atom. The fourth-order valence-corrected chi connectivity index (χ4v) is 6.55. The molecule has 0 aromatic heterocycles. The van der Waals surface area contributed by atoms with Gasteiger partial charge in [0.25, 0.3) is 11.4 Å². The second kappa shape index (κ2) is 8.25. The van der Waals surface area contributed by atoms with Gasteiger partial charge in [-0.2, -0.15) is 0 Å². The van der Waals surface area contributed by atoms with E-state index in [4.69, 9.17) is 0 Å². The lowest BCUT2D eigenvalue weighted by atomic mass is 9.79. The maximum Gasteiger partial charge on any atom is 0.285 e. The Bertz CT molecular complexity index is 2300. The number of benzene rings is 6. The first-order chi connectivity index (χ1) is 20.3. The second-order valence-electron chi connectivity index (χ2n) is 10.4. The van der Waals surface area contributed by atoms with Gasteiger partial charge < -0.3 is 0 Å². The molecule has 0 aliphatic heterocycles. The highest BCUT2D eigenvalue weighted by atomic mass is 16.6. The second-order valence-corrected chi connectivity index (χ2v) is 10.4. The summed E-state index contributed by atoms with van der Waals surface area (Å²) >= 11 is 0. The van der Waals surface area contributed by atoms with Gasteiger partial charge in [-0.15, -0.1) is 0 Å². The zero-order chi connectivity index (χ0) is 28.9. The maximum atomic E-state index is 13.5. The summed E-state index contributed by atoms with van der Waals surface area (Å²) < 4.78 is 0. The summed E-state index contributed by atoms with van der Waals surface area (Å²) in [5.74, 6) is -0.503. The van der Waals surface area contributed by atoms with Gasteiger partial charge in [0.2, 0.25) is 0 Å². The molecule has 6 aromatic rings. The number of ketones is 2. The van der Waals surface area contributed by atoms with Crippen molar-refractivity contribution in [1.82, 2.24) is 0 Å². The van der Waals surface area contributed by atoms with E-state index in [0.717, 1.165) is 21.9 Å². The molecule has 0 amide bonds. The Hall–Kier alpha value is -6.02. The summed E-state index contributed by atoms with van der Waals surface area (Å²) in [6, 6.07) is 27.4. The Morgan fingerprint density at radius 3 is 1.71 bits per heavy atom. The van der Waals surface area contributed by atoms with Crippen LogP contribution in [0, 0.1) is 20.2 Å². The molecule has 2 aliphatic rings. The molecular formula is C34H16N2O6. The smallest absolute Gasteiger partial charge is 0.285 e. The summed E-state index contributed by atoms with van der Waals surface area (Å²) in [5, 5.41) is 26.5. The van der Waals surface area contributed by atoms with Crippen LogP contribution in [0.15, 0.2) is 97.1 Å². The third kappa shape index (κ3) is 3.06. The van der Waals surface area contributed by atoms with Crippen LogP contribution in [0.1, 0.15) is 31.8 Å². The first kappa shape index (κ1) is 23.8. The van der Waals surface area contributed by atoms with E-state index in [1.807, 2.05) is 30.3 Å². The Kier molecular flexibility index (Phi) is 4.68. The molecule has 6 aromatic carbocycles. The molecule has 8 heteroatoms. The zero-order valence-electron chi connectivity index (χ0n) is 21.6. The summed E-state index contributed by atoms with van der Waals surface area (Å²) in [7, 11) is 0. The highest BCUT2D eigenvalue weighted by Crippen LogP contribution is 2.50. The topological polar surface area (TPSA) is 120 Å². The van der Waals surface area contributed by atoms with Crippen LogP contribution < -0.4 is 0 Å². The van der Waals surface area contributed by atoms with E-state index in [0.29, 0.717) is 38.8 Å². The molecule has 198 valence electrons. The number of carbonyl (C=O) groups is 2. The van der Waals surface area contributed by atoms with Crippen LogP contribution >= 0.6 is 0 Å². The largest absolute Gasteiger partial charge is 0.289 e. The third-order valence-electron chi connectivity index (χ3n) is 8.29. The average Bonchev–Trinajstić information content (AvgIpc) is 3.01. The molecule has 2 aliphatic carbocycles. The lowest BCUT2D eigenvalue weighted by molar-refractivity contribution is -0.385. The molecule has 0 spiro atoms. The number of fused-ring (bicyclic) bond motifs is 4. The van der Waals surface area contributed by atoms with Crippen molar-refractivity contribution in [2.24, 2.45) is 0 Å². The van der Waals surface area contributed by atoms with Gasteiger partial charge in [-0.1, -0.05) is 66.7 Å². The number of hydrogen-bond donors (Lipinski definition) is 0. The molecule has 0 saturated heterocycles. The molecule has 0 unspecified atom stereocenters. The maximum absolute atomic E-state index is 13.5. The Morgan fingerprint density at radius 1 is 0.476 bits per heavy atom. The molecule has 8 nitrogen and oxygen atoms in total. The number of non-ortho nitro benzene ring substituents is 1. The molecule has 0 fully saturated rings. The van der Waals surface area contributed by atoms with E-state index < -0.39 is 21.3 Å². The van der Waals surface area contributed by atoms with Crippen LogP contribution in [0.4, 0.5) is 11.4 Å². The monoisotopic (exact) mass is 548 g/mol. The number of nitro groups is 2. The van der Waals surface area contributed by atoms with Gasteiger partial charge in [0.05, 0.1) is 20.8 Å². The molecule has 0 bridgehead atoms. The van der Waals surface area contributed by atoms with E-state index in [2.05, 4.69) is 0 Å². The zero-order valence-corrected chi connectivity index (χ0v) is 21.6.